The fourth-order valence-corrected chi connectivity index (χ4v) is 3.64. The lowest BCUT2D eigenvalue weighted by molar-refractivity contribution is -0.152. The van der Waals surface area contributed by atoms with Crippen molar-refractivity contribution in [3.05, 3.63) is 35.6 Å². The molecule has 2 aliphatic heterocycles. The molecule has 2 saturated heterocycles. The maximum atomic E-state index is 13.2. The van der Waals surface area contributed by atoms with E-state index in [0.717, 1.165) is 4.90 Å². The van der Waals surface area contributed by atoms with Crippen molar-refractivity contribution >= 4 is 17.8 Å². The highest BCUT2D eigenvalue weighted by Gasteiger charge is 2.66. The van der Waals surface area contributed by atoms with Gasteiger partial charge in [-0.3, -0.25) is 24.6 Å². The van der Waals surface area contributed by atoms with Gasteiger partial charge in [-0.05, 0) is 24.6 Å². The number of nitrogens with zero attached hydrogens (tertiary/aromatic N) is 1. The molecule has 0 bridgehead atoms. The lowest BCUT2D eigenvalue weighted by atomic mass is 9.80. The molecule has 23 heavy (non-hydrogen) atoms. The fraction of sp³-hybridized carbons (Fsp3) is 0.438. The third-order valence-corrected chi connectivity index (χ3v) is 4.85. The summed E-state index contributed by atoms with van der Waals surface area (Å²) in [6, 6.07) is 5.09. The maximum Gasteiger partial charge on any atom is 0.326 e. The molecule has 3 rings (SSSR count). The van der Waals surface area contributed by atoms with Crippen LogP contribution in [0.5, 0.6) is 0 Å². The van der Waals surface area contributed by atoms with Crippen LogP contribution in [-0.4, -0.2) is 42.4 Å². The Hall–Kier alpha value is -2.28. The van der Waals surface area contributed by atoms with E-state index in [2.05, 4.69) is 5.32 Å². The van der Waals surface area contributed by atoms with Crippen molar-refractivity contribution in [2.24, 2.45) is 11.8 Å². The molecule has 7 heteroatoms. The van der Waals surface area contributed by atoms with Gasteiger partial charge in [-0.25, -0.2) is 4.39 Å². The number of hydrogen-bond acceptors (Lipinski definition) is 5. The summed E-state index contributed by atoms with van der Waals surface area (Å²) >= 11 is 0. The van der Waals surface area contributed by atoms with E-state index in [9.17, 15) is 18.8 Å². The van der Waals surface area contributed by atoms with Crippen LogP contribution >= 0.6 is 0 Å². The monoisotopic (exact) mass is 320 g/mol. The van der Waals surface area contributed by atoms with E-state index >= 15 is 0 Å². The van der Waals surface area contributed by atoms with Crippen LogP contribution in [0.2, 0.25) is 0 Å². The number of methoxy groups -OCH3 is 1. The van der Waals surface area contributed by atoms with Crippen LogP contribution in [0.3, 0.4) is 0 Å². The summed E-state index contributed by atoms with van der Waals surface area (Å²) in [5.74, 6) is -3.33. The molecule has 0 radical (unpaired) electrons. The molecule has 1 aromatic carbocycles. The number of benzene rings is 1. The number of amides is 2. The molecule has 4 atom stereocenters. The molecule has 1 N–H and O–H groups in total. The first-order valence-corrected chi connectivity index (χ1v) is 7.24. The van der Waals surface area contributed by atoms with E-state index in [1.807, 2.05) is 0 Å². The first kappa shape index (κ1) is 15.6. The molecule has 0 aromatic heterocycles. The zero-order valence-corrected chi connectivity index (χ0v) is 13.0. The van der Waals surface area contributed by atoms with Gasteiger partial charge in [0.05, 0.1) is 18.9 Å². The molecule has 0 unspecified atom stereocenters. The molecule has 2 aliphatic rings. The molecule has 2 fully saturated rings. The van der Waals surface area contributed by atoms with E-state index in [4.69, 9.17) is 4.74 Å². The minimum Gasteiger partial charge on any atom is -0.468 e. The first-order chi connectivity index (χ1) is 10.8. The number of likely N-dealkylation sites (tertiary alicyclic amines) is 1. The second-order valence-corrected chi connectivity index (χ2v) is 6.11. The van der Waals surface area contributed by atoms with Gasteiger partial charge >= 0.3 is 5.97 Å². The Labute approximate surface area is 132 Å². The summed E-state index contributed by atoms with van der Waals surface area (Å²) in [7, 11) is 2.64. The van der Waals surface area contributed by atoms with E-state index in [1.165, 1.54) is 26.3 Å². The Kier molecular flexibility index (Phi) is 3.48. The van der Waals surface area contributed by atoms with Crippen molar-refractivity contribution in [1.82, 2.24) is 10.2 Å². The molecule has 2 heterocycles. The van der Waals surface area contributed by atoms with Crippen molar-refractivity contribution in [3.63, 3.8) is 0 Å². The SMILES string of the molecule is COC(=O)[C@]1(C)N[C@H](c2ccc(F)cc2)[C@H]2C(=O)N(C)C(=O)[C@@H]21. The van der Waals surface area contributed by atoms with Gasteiger partial charge in [-0.15, -0.1) is 0 Å². The average Bonchev–Trinajstić information content (AvgIpc) is 2.97. The highest BCUT2D eigenvalue weighted by Crippen LogP contribution is 2.48. The highest BCUT2D eigenvalue weighted by molar-refractivity contribution is 6.09. The number of fused-ring (bicyclic) bond motifs is 1. The Balaban J connectivity index is 2.09. The Morgan fingerprint density at radius 1 is 1.26 bits per heavy atom. The summed E-state index contributed by atoms with van der Waals surface area (Å²) in [6.45, 7) is 1.56. The normalized spacial score (nSPS) is 33.0. The minimum atomic E-state index is -1.31. The number of nitrogens with one attached hydrogen (secondary N) is 1. The predicted octanol–water partition coefficient (Wildman–Crippen LogP) is 0.633. The largest absolute Gasteiger partial charge is 0.468 e. The number of halogens is 1. The van der Waals surface area contributed by atoms with Crippen LogP contribution in [0, 0.1) is 17.7 Å². The van der Waals surface area contributed by atoms with Crippen LogP contribution in [0.1, 0.15) is 18.5 Å². The number of rotatable bonds is 2. The molecule has 0 spiro atoms. The van der Waals surface area contributed by atoms with Gasteiger partial charge in [0.25, 0.3) is 0 Å². The van der Waals surface area contributed by atoms with Gasteiger partial charge in [0.1, 0.15) is 11.4 Å². The van der Waals surface area contributed by atoms with Crippen molar-refractivity contribution in [2.75, 3.05) is 14.2 Å². The van der Waals surface area contributed by atoms with E-state index in [1.54, 1.807) is 19.1 Å². The van der Waals surface area contributed by atoms with Crippen LogP contribution in [-0.2, 0) is 19.1 Å². The third-order valence-electron chi connectivity index (χ3n) is 4.85. The second kappa shape index (κ2) is 5.13. The number of hydrogen-bond donors (Lipinski definition) is 1. The van der Waals surface area contributed by atoms with Gasteiger partial charge in [-0.2, -0.15) is 0 Å². The predicted molar refractivity (Wildman–Crippen MR) is 77.5 cm³/mol. The van der Waals surface area contributed by atoms with Crippen LogP contribution in [0.4, 0.5) is 4.39 Å². The molecular formula is C16H17FN2O4. The van der Waals surface area contributed by atoms with E-state index in [0.29, 0.717) is 5.56 Å². The Morgan fingerprint density at radius 2 is 1.87 bits per heavy atom. The zero-order valence-electron chi connectivity index (χ0n) is 13.0. The molecule has 6 nitrogen and oxygen atoms in total. The quantitative estimate of drug-likeness (QED) is 0.639. The van der Waals surface area contributed by atoms with Gasteiger partial charge in [0, 0.05) is 13.1 Å². The van der Waals surface area contributed by atoms with Crippen LogP contribution in [0.15, 0.2) is 24.3 Å². The molecule has 2 amide bonds. The van der Waals surface area contributed by atoms with Crippen molar-refractivity contribution in [1.29, 1.82) is 0 Å². The maximum absolute atomic E-state index is 13.2. The summed E-state index contributed by atoms with van der Waals surface area (Å²) < 4.78 is 18.0. The summed E-state index contributed by atoms with van der Waals surface area (Å²) in [5, 5.41) is 3.07. The second-order valence-electron chi connectivity index (χ2n) is 6.11. The summed E-state index contributed by atoms with van der Waals surface area (Å²) in [5.41, 5.74) is -0.666. The van der Waals surface area contributed by atoms with E-state index in [-0.39, 0.29) is 5.91 Å². The van der Waals surface area contributed by atoms with Crippen LogP contribution < -0.4 is 5.32 Å². The van der Waals surface area contributed by atoms with Crippen molar-refractivity contribution < 1.29 is 23.5 Å². The topological polar surface area (TPSA) is 75.7 Å². The van der Waals surface area contributed by atoms with Crippen LogP contribution in [0.25, 0.3) is 0 Å². The standard InChI is InChI=1S/C16H17FN2O4/c1-16(15(22)23-3)11-10(13(20)19(2)14(11)21)12(18-16)8-4-6-9(17)7-5-8/h4-7,10-12,18H,1-3H3/t10-,11+,12+,16+/m0/s1. The molecule has 1 aromatic rings. The smallest absolute Gasteiger partial charge is 0.326 e. The van der Waals surface area contributed by atoms with Gasteiger partial charge in [0.15, 0.2) is 0 Å². The Morgan fingerprint density at radius 3 is 2.43 bits per heavy atom. The summed E-state index contributed by atoms with van der Waals surface area (Å²) in [4.78, 5) is 38.2. The third kappa shape index (κ3) is 2.07. The first-order valence-electron chi connectivity index (χ1n) is 7.24. The minimum absolute atomic E-state index is 0.352. The molecular weight excluding hydrogens is 303 g/mol. The molecule has 0 saturated carbocycles. The Bertz CT molecular complexity index is 690. The lowest BCUT2D eigenvalue weighted by Crippen LogP contribution is -2.53. The molecule has 0 aliphatic carbocycles. The lowest BCUT2D eigenvalue weighted by Gasteiger charge is -2.27. The van der Waals surface area contributed by atoms with E-state index < -0.39 is 41.1 Å². The van der Waals surface area contributed by atoms with Gasteiger partial charge < -0.3 is 4.74 Å². The number of carbonyl (C=O) groups is 3. The fourth-order valence-electron chi connectivity index (χ4n) is 3.64. The number of carbonyl (C=O) groups excluding carboxylic acids is 3. The number of ether oxygens (including phenoxy) is 1. The highest BCUT2D eigenvalue weighted by atomic mass is 19.1. The van der Waals surface area contributed by atoms with Gasteiger partial charge in [-0.1, -0.05) is 12.1 Å². The molecule has 122 valence electrons. The zero-order chi connectivity index (χ0) is 16.9. The van der Waals surface area contributed by atoms with Crippen molar-refractivity contribution in [2.45, 2.75) is 18.5 Å². The van der Waals surface area contributed by atoms with Crippen molar-refractivity contribution in [3.8, 4) is 0 Å². The summed E-state index contributed by atoms with van der Waals surface area (Å²) in [6.07, 6.45) is 0. The van der Waals surface area contributed by atoms with Gasteiger partial charge in [0.2, 0.25) is 11.8 Å². The number of imide groups is 1. The average molecular weight is 320 g/mol. The number of esters is 1.